The first kappa shape index (κ1) is 14.7. The molecular formula is C21H14ClNO. The summed E-state index contributed by atoms with van der Waals surface area (Å²) < 4.78 is 5.86. The first-order valence-electron chi connectivity index (χ1n) is 7.68. The Morgan fingerprint density at radius 1 is 0.792 bits per heavy atom. The third-order valence-electron chi connectivity index (χ3n) is 3.79. The van der Waals surface area contributed by atoms with Gasteiger partial charge in [-0.1, -0.05) is 35.9 Å². The van der Waals surface area contributed by atoms with Crippen LogP contribution in [0.3, 0.4) is 0 Å². The molecule has 0 unspecified atom stereocenters. The number of pyridine rings is 1. The topological polar surface area (TPSA) is 26.0 Å². The van der Waals surface area contributed by atoms with Crippen molar-refractivity contribution in [3.8, 4) is 11.3 Å². The number of aromatic nitrogens is 1. The van der Waals surface area contributed by atoms with E-state index in [4.69, 9.17) is 16.0 Å². The Balaban J connectivity index is 1.58. The maximum Gasteiger partial charge on any atom is 0.134 e. The minimum atomic E-state index is 0.716. The van der Waals surface area contributed by atoms with Crippen molar-refractivity contribution in [1.82, 2.24) is 4.98 Å². The first-order valence-corrected chi connectivity index (χ1v) is 8.05. The van der Waals surface area contributed by atoms with Crippen LogP contribution in [0, 0.1) is 0 Å². The summed E-state index contributed by atoms with van der Waals surface area (Å²) in [6.07, 6.45) is 3.88. The number of para-hydroxylation sites is 1. The normalized spacial score (nSPS) is 11.4. The Kier molecular flexibility index (Phi) is 3.89. The minimum Gasteiger partial charge on any atom is -0.457 e. The molecule has 4 rings (SSSR count). The highest BCUT2D eigenvalue weighted by Crippen LogP contribution is 2.24. The number of nitrogens with zero attached hydrogens (tertiary/aromatic N) is 1. The Labute approximate surface area is 145 Å². The van der Waals surface area contributed by atoms with Crippen molar-refractivity contribution < 1.29 is 4.42 Å². The number of hydrogen-bond acceptors (Lipinski definition) is 2. The van der Waals surface area contributed by atoms with Gasteiger partial charge in [-0.2, -0.15) is 0 Å². The second kappa shape index (κ2) is 6.34. The van der Waals surface area contributed by atoms with E-state index in [1.807, 2.05) is 72.8 Å². The van der Waals surface area contributed by atoms with E-state index in [1.54, 1.807) is 0 Å². The van der Waals surface area contributed by atoms with Crippen molar-refractivity contribution >= 4 is 34.7 Å². The summed E-state index contributed by atoms with van der Waals surface area (Å²) in [5, 5.41) is 1.85. The lowest BCUT2D eigenvalue weighted by Crippen LogP contribution is -1.82. The molecule has 2 aromatic heterocycles. The van der Waals surface area contributed by atoms with Gasteiger partial charge in [0.05, 0.1) is 11.2 Å². The van der Waals surface area contributed by atoms with Crippen LogP contribution in [0.25, 0.3) is 34.4 Å². The van der Waals surface area contributed by atoms with Crippen LogP contribution in [0.15, 0.2) is 77.2 Å². The van der Waals surface area contributed by atoms with Crippen LogP contribution >= 0.6 is 11.6 Å². The van der Waals surface area contributed by atoms with Crippen molar-refractivity contribution in [2.45, 2.75) is 0 Å². The second-order valence-corrected chi connectivity index (χ2v) is 5.91. The van der Waals surface area contributed by atoms with E-state index in [1.165, 1.54) is 0 Å². The highest BCUT2D eigenvalue weighted by Gasteiger charge is 2.03. The van der Waals surface area contributed by atoms with Gasteiger partial charge in [0.2, 0.25) is 0 Å². The molecule has 4 aromatic rings. The van der Waals surface area contributed by atoms with Crippen LogP contribution < -0.4 is 0 Å². The van der Waals surface area contributed by atoms with Crippen molar-refractivity contribution in [2.24, 2.45) is 0 Å². The van der Waals surface area contributed by atoms with Crippen molar-refractivity contribution in [3.05, 3.63) is 89.3 Å². The third-order valence-corrected chi connectivity index (χ3v) is 4.05. The molecule has 0 N–H and O–H groups in total. The quantitative estimate of drug-likeness (QED) is 0.439. The summed E-state index contributed by atoms with van der Waals surface area (Å²) in [7, 11) is 0. The van der Waals surface area contributed by atoms with Crippen LogP contribution in [0.1, 0.15) is 11.5 Å². The molecule has 0 aliphatic heterocycles. The van der Waals surface area contributed by atoms with E-state index in [9.17, 15) is 0 Å². The zero-order valence-corrected chi connectivity index (χ0v) is 13.6. The predicted molar refractivity (Wildman–Crippen MR) is 99.8 cm³/mol. The summed E-state index contributed by atoms with van der Waals surface area (Å²) >= 11 is 5.91. The van der Waals surface area contributed by atoms with E-state index in [2.05, 4.69) is 17.1 Å². The molecule has 2 aromatic carbocycles. The predicted octanol–water partition coefficient (Wildman–Crippen LogP) is 6.32. The molecule has 0 saturated carbocycles. The van der Waals surface area contributed by atoms with Crippen LogP contribution in [-0.4, -0.2) is 4.98 Å². The van der Waals surface area contributed by atoms with Crippen molar-refractivity contribution in [2.75, 3.05) is 0 Å². The van der Waals surface area contributed by atoms with Gasteiger partial charge in [-0.05, 0) is 60.7 Å². The molecule has 0 spiro atoms. The SMILES string of the molecule is Clc1ccc(-c2ccc(C=Cc3ccc4ccccc4n3)o2)cc1. The highest BCUT2D eigenvalue weighted by atomic mass is 35.5. The standard InChI is InChI=1S/C21H14ClNO/c22-17-8-5-16(6-9-17)21-14-13-19(24-21)12-11-18-10-7-15-3-1-2-4-20(15)23-18/h1-14H. The lowest BCUT2D eigenvalue weighted by Gasteiger charge is -1.98. The number of halogens is 1. The molecule has 0 bridgehead atoms. The van der Waals surface area contributed by atoms with E-state index in [0.717, 1.165) is 33.7 Å². The van der Waals surface area contributed by atoms with Gasteiger partial charge in [0.1, 0.15) is 11.5 Å². The molecule has 0 amide bonds. The van der Waals surface area contributed by atoms with Crippen LogP contribution in [0.4, 0.5) is 0 Å². The summed E-state index contributed by atoms with van der Waals surface area (Å²) in [5.74, 6) is 1.60. The van der Waals surface area contributed by atoms with Gasteiger partial charge in [-0.15, -0.1) is 0 Å². The van der Waals surface area contributed by atoms with Crippen LogP contribution in [-0.2, 0) is 0 Å². The van der Waals surface area contributed by atoms with Crippen LogP contribution in [0.2, 0.25) is 5.02 Å². The van der Waals surface area contributed by atoms with Gasteiger partial charge in [0.25, 0.3) is 0 Å². The number of benzene rings is 2. The largest absolute Gasteiger partial charge is 0.457 e. The molecule has 0 aliphatic rings. The molecule has 0 radical (unpaired) electrons. The maximum atomic E-state index is 5.91. The molecule has 2 heterocycles. The van der Waals surface area contributed by atoms with E-state index >= 15 is 0 Å². The number of furan rings is 1. The van der Waals surface area contributed by atoms with E-state index < -0.39 is 0 Å². The van der Waals surface area contributed by atoms with Gasteiger partial charge in [0.15, 0.2) is 0 Å². The molecule has 0 fully saturated rings. The van der Waals surface area contributed by atoms with Gasteiger partial charge in [-0.3, -0.25) is 0 Å². The fourth-order valence-corrected chi connectivity index (χ4v) is 2.68. The summed E-state index contributed by atoms with van der Waals surface area (Å²) in [5.41, 5.74) is 2.89. The zero-order chi connectivity index (χ0) is 16.4. The maximum absolute atomic E-state index is 5.91. The molecule has 0 saturated heterocycles. The monoisotopic (exact) mass is 331 g/mol. The van der Waals surface area contributed by atoms with Gasteiger partial charge < -0.3 is 4.42 Å². The summed E-state index contributed by atoms with van der Waals surface area (Å²) in [4.78, 5) is 4.62. The second-order valence-electron chi connectivity index (χ2n) is 5.47. The molecule has 0 aliphatic carbocycles. The Morgan fingerprint density at radius 3 is 2.50 bits per heavy atom. The van der Waals surface area contributed by atoms with Crippen LogP contribution in [0.5, 0.6) is 0 Å². The van der Waals surface area contributed by atoms with Crippen molar-refractivity contribution in [3.63, 3.8) is 0 Å². The number of hydrogen-bond donors (Lipinski definition) is 0. The van der Waals surface area contributed by atoms with Gasteiger partial charge >= 0.3 is 0 Å². The molecule has 116 valence electrons. The fourth-order valence-electron chi connectivity index (χ4n) is 2.55. The van der Waals surface area contributed by atoms with E-state index in [0.29, 0.717) is 5.02 Å². The minimum absolute atomic E-state index is 0.716. The molecule has 24 heavy (non-hydrogen) atoms. The molecule has 3 heteroatoms. The fraction of sp³-hybridized carbons (Fsp3) is 0. The molecule has 2 nitrogen and oxygen atoms in total. The Bertz CT molecular complexity index is 1020. The smallest absolute Gasteiger partial charge is 0.134 e. The Morgan fingerprint density at radius 2 is 1.62 bits per heavy atom. The molecule has 0 atom stereocenters. The average molecular weight is 332 g/mol. The van der Waals surface area contributed by atoms with Gasteiger partial charge in [0, 0.05) is 16.0 Å². The lowest BCUT2D eigenvalue weighted by molar-refractivity contribution is 0.572. The lowest BCUT2D eigenvalue weighted by atomic mass is 10.2. The summed E-state index contributed by atoms with van der Waals surface area (Å²) in [6.45, 7) is 0. The highest BCUT2D eigenvalue weighted by molar-refractivity contribution is 6.30. The summed E-state index contributed by atoms with van der Waals surface area (Å²) in [6, 6.07) is 23.7. The van der Waals surface area contributed by atoms with Crippen molar-refractivity contribution in [1.29, 1.82) is 0 Å². The zero-order valence-electron chi connectivity index (χ0n) is 12.8. The van der Waals surface area contributed by atoms with Gasteiger partial charge in [-0.25, -0.2) is 4.98 Å². The number of rotatable bonds is 3. The third kappa shape index (κ3) is 3.10. The van der Waals surface area contributed by atoms with E-state index in [-0.39, 0.29) is 0 Å². The first-order chi connectivity index (χ1) is 11.8. The Hall–Kier alpha value is -2.84. The number of fused-ring (bicyclic) bond motifs is 1. The molecular weight excluding hydrogens is 318 g/mol. The average Bonchev–Trinajstić information content (AvgIpc) is 3.09.